The number of halogens is 1. The summed E-state index contributed by atoms with van der Waals surface area (Å²) >= 11 is 0. The van der Waals surface area contributed by atoms with Gasteiger partial charge in [-0.05, 0) is 61.1 Å². The number of carboxylic acids is 1. The molecule has 156 valence electrons. The van der Waals surface area contributed by atoms with Gasteiger partial charge in [0.1, 0.15) is 12.4 Å². The number of aromatic nitrogens is 1. The monoisotopic (exact) mass is 408 g/mol. The van der Waals surface area contributed by atoms with Gasteiger partial charge in [0.15, 0.2) is 0 Å². The fraction of sp³-hybridized carbons (Fsp3) is 0.333. The molecule has 1 aromatic heterocycles. The molecule has 0 bridgehead atoms. The summed E-state index contributed by atoms with van der Waals surface area (Å²) in [4.78, 5) is 26.1. The number of carbonyl (C=O) groups excluding carboxylic acids is 1. The maximum atomic E-state index is 14.0. The van der Waals surface area contributed by atoms with Crippen molar-refractivity contribution in [3.05, 3.63) is 70.7 Å². The lowest BCUT2D eigenvalue weighted by Gasteiger charge is -2.32. The summed E-state index contributed by atoms with van der Waals surface area (Å²) in [6.45, 7) is 1.85. The second kappa shape index (κ2) is 7.94. The number of aryl methyl sites for hydroxylation is 1. The molecule has 0 saturated heterocycles. The van der Waals surface area contributed by atoms with Crippen molar-refractivity contribution in [2.24, 2.45) is 0 Å². The Labute approximate surface area is 174 Å². The Kier molecular flexibility index (Phi) is 5.33. The Balaban J connectivity index is 1.62. The van der Waals surface area contributed by atoms with Gasteiger partial charge >= 0.3 is 5.97 Å². The number of carboxylic acid groups (broad SMARTS) is 1. The molecule has 1 amide bonds. The standard InChI is InChI=1S/C24H25FN2O3/c1-15-5-3-4-6-16(15)11-23(28)26(2)18-8-10-22-20(13-18)19-12-17(25)7-9-21(19)27(22)14-24(29)30/h3-7,9,12,18H,8,10-11,13-14H2,1-2H3,(H,29,30). The SMILES string of the molecule is Cc1ccccc1CC(=O)N(C)C1CCc2c(c3cc(F)ccc3n2CC(=O)O)C1. The molecular formula is C24H25FN2O3. The van der Waals surface area contributed by atoms with E-state index in [2.05, 4.69) is 0 Å². The molecule has 1 N–H and O–H groups in total. The third-order valence-corrected chi connectivity index (χ3v) is 6.24. The highest BCUT2D eigenvalue weighted by Gasteiger charge is 2.30. The van der Waals surface area contributed by atoms with Crippen LogP contribution in [-0.4, -0.2) is 39.5 Å². The summed E-state index contributed by atoms with van der Waals surface area (Å²) in [7, 11) is 1.83. The van der Waals surface area contributed by atoms with E-state index in [4.69, 9.17) is 0 Å². The number of carbonyl (C=O) groups is 2. The second-order valence-corrected chi connectivity index (χ2v) is 8.07. The Morgan fingerprint density at radius 1 is 1.23 bits per heavy atom. The average Bonchev–Trinajstić information content (AvgIpc) is 3.01. The van der Waals surface area contributed by atoms with E-state index in [1.165, 1.54) is 12.1 Å². The van der Waals surface area contributed by atoms with Gasteiger partial charge in [-0.15, -0.1) is 0 Å². The molecule has 0 radical (unpaired) electrons. The van der Waals surface area contributed by atoms with Crippen LogP contribution in [0.2, 0.25) is 0 Å². The lowest BCUT2D eigenvalue weighted by molar-refractivity contribution is -0.137. The molecule has 5 nitrogen and oxygen atoms in total. The zero-order valence-corrected chi connectivity index (χ0v) is 17.2. The van der Waals surface area contributed by atoms with Gasteiger partial charge in [0, 0.05) is 29.7 Å². The van der Waals surface area contributed by atoms with Crippen LogP contribution in [0.5, 0.6) is 0 Å². The van der Waals surface area contributed by atoms with E-state index in [1.54, 1.807) is 15.5 Å². The Morgan fingerprint density at radius 2 is 2.00 bits per heavy atom. The summed E-state index contributed by atoms with van der Waals surface area (Å²) < 4.78 is 15.7. The number of amides is 1. The second-order valence-electron chi connectivity index (χ2n) is 8.07. The lowest BCUT2D eigenvalue weighted by atomic mass is 9.90. The van der Waals surface area contributed by atoms with Crippen LogP contribution in [0.3, 0.4) is 0 Å². The van der Waals surface area contributed by atoms with E-state index in [0.717, 1.165) is 39.7 Å². The first-order valence-corrected chi connectivity index (χ1v) is 10.2. The number of likely N-dealkylation sites (N-methyl/N-ethyl adjacent to an activating group) is 1. The van der Waals surface area contributed by atoms with Crippen LogP contribution >= 0.6 is 0 Å². The van der Waals surface area contributed by atoms with Crippen LogP contribution in [0.25, 0.3) is 10.9 Å². The van der Waals surface area contributed by atoms with Crippen molar-refractivity contribution in [3.63, 3.8) is 0 Å². The van der Waals surface area contributed by atoms with Gasteiger partial charge in [-0.3, -0.25) is 9.59 Å². The number of rotatable bonds is 5. The molecule has 1 heterocycles. The van der Waals surface area contributed by atoms with Gasteiger partial charge in [-0.25, -0.2) is 4.39 Å². The van der Waals surface area contributed by atoms with E-state index < -0.39 is 5.97 Å². The van der Waals surface area contributed by atoms with Crippen LogP contribution in [0, 0.1) is 12.7 Å². The molecule has 0 spiro atoms. The average molecular weight is 408 g/mol. The first-order valence-electron chi connectivity index (χ1n) is 10.2. The summed E-state index contributed by atoms with van der Waals surface area (Å²) in [5.74, 6) is -1.21. The number of nitrogens with zero attached hydrogens (tertiary/aromatic N) is 2. The molecule has 2 aromatic carbocycles. The van der Waals surface area contributed by atoms with Gasteiger partial charge in [-0.2, -0.15) is 0 Å². The van der Waals surface area contributed by atoms with Crippen molar-refractivity contribution in [3.8, 4) is 0 Å². The maximum absolute atomic E-state index is 14.0. The fourth-order valence-corrected chi connectivity index (χ4v) is 4.55. The summed E-state index contributed by atoms with van der Waals surface area (Å²) in [6, 6.07) is 12.4. The summed E-state index contributed by atoms with van der Waals surface area (Å²) in [6.07, 6.45) is 2.35. The topological polar surface area (TPSA) is 62.5 Å². The molecule has 6 heteroatoms. The lowest BCUT2D eigenvalue weighted by Crippen LogP contribution is -2.41. The number of hydrogen-bond donors (Lipinski definition) is 1. The number of aliphatic carboxylic acids is 1. The molecular weight excluding hydrogens is 383 g/mol. The quantitative estimate of drug-likeness (QED) is 0.700. The zero-order valence-electron chi connectivity index (χ0n) is 17.2. The van der Waals surface area contributed by atoms with Crippen LogP contribution in [-0.2, 0) is 35.4 Å². The van der Waals surface area contributed by atoms with Gasteiger partial charge in [0.2, 0.25) is 5.91 Å². The van der Waals surface area contributed by atoms with Crippen LogP contribution in [0.15, 0.2) is 42.5 Å². The van der Waals surface area contributed by atoms with E-state index in [9.17, 15) is 19.1 Å². The fourth-order valence-electron chi connectivity index (χ4n) is 4.55. The molecule has 1 aliphatic rings. The minimum Gasteiger partial charge on any atom is -0.480 e. The van der Waals surface area contributed by atoms with E-state index in [1.807, 2.05) is 38.2 Å². The molecule has 1 atom stereocenters. The first kappa shape index (κ1) is 20.1. The molecule has 1 unspecified atom stereocenters. The van der Waals surface area contributed by atoms with Crippen LogP contribution < -0.4 is 0 Å². The molecule has 3 aromatic rings. The highest BCUT2D eigenvalue weighted by molar-refractivity contribution is 5.87. The predicted molar refractivity (Wildman–Crippen MR) is 113 cm³/mol. The van der Waals surface area contributed by atoms with Crippen molar-refractivity contribution < 1.29 is 19.1 Å². The predicted octanol–water partition coefficient (Wildman–Crippen LogP) is 3.73. The highest BCUT2D eigenvalue weighted by Crippen LogP contribution is 2.34. The van der Waals surface area contributed by atoms with Crippen molar-refractivity contribution >= 4 is 22.8 Å². The molecule has 30 heavy (non-hydrogen) atoms. The summed E-state index contributed by atoms with van der Waals surface area (Å²) in [5, 5.41) is 10.1. The van der Waals surface area contributed by atoms with E-state index in [0.29, 0.717) is 19.3 Å². The van der Waals surface area contributed by atoms with Crippen molar-refractivity contribution in [2.45, 2.75) is 45.2 Å². The minimum atomic E-state index is -0.924. The third kappa shape index (κ3) is 3.70. The molecule has 0 fully saturated rings. The number of hydrogen-bond acceptors (Lipinski definition) is 2. The molecule has 0 saturated carbocycles. The Bertz CT molecular complexity index is 1130. The van der Waals surface area contributed by atoms with Gasteiger partial charge in [0.25, 0.3) is 0 Å². The Hall–Kier alpha value is -3.15. The van der Waals surface area contributed by atoms with Gasteiger partial charge < -0.3 is 14.6 Å². The first-order chi connectivity index (χ1) is 14.3. The highest BCUT2D eigenvalue weighted by atomic mass is 19.1. The van der Waals surface area contributed by atoms with Gasteiger partial charge in [0.05, 0.1) is 6.42 Å². The smallest absolute Gasteiger partial charge is 0.323 e. The Morgan fingerprint density at radius 3 is 2.73 bits per heavy atom. The number of benzene rings is 2. The zero-order chi connectivity index (χ0) is 21.4. The van der Waals surface area contributed by atoms with Crippen LogP contribution in [0.1, 0.15) is 28.8 Å². The summed E-state index contributed by atoms with van der Waals surface area (Å²) in [5.41, 5.74) is 4.74. The normalized spacial score (nSPS) is 15.8. The molecule has 1 aliphatic carbocycles. The van der Waals surface area contributed by atoms with Crippen molar-refractivity contribution in [1.82, 2.24) is 9.47 Å². The molecule has 4 rings (SSSR count). The van der Waals surface area contributed by atoms with E-state index >= 15 is 0 Å². The van der Waals surface area contributed by atoms with Gasteiger partial charge in [-0.1, -0.05) is 24.3 Å². The van der Waals surface area contributed by atoms with Crippen molar-refractivity contribution in [1.29, 1.82) is 0 Å². The molecule has 0 aliphatic heterocycles. The third-order valence-electron chi connectivity index (χ3n) is 6.24. The maximum Gasteiger partial charge on any atom is 0.323 e. The largest absolute Gasteiger partial charge is 0.480 e. The number of fused-ring (bicyclic) bond motifs is 3. The van der Waals surface area contributed by atoms with Crippen molar-refractivity contribution in [2.75, 3.05) is 7.05 Å². The minimum absolute atomic E-state index is 0.00108. The van der Waals surface area contributed by atoms with E-state index in [-0.39, 0.29) is 24.3 Å². The van der Waals surface area contributed by atoms with Crippen LogP contribution in [0.4, 0.5) is 4.39 Å².